The van der Waals surface area contributed by atoms with Crippen molar-refractivity contribution in [2.45, 2.75) is 0 Å². The van der Waals surface area contributed by atoms with E-state index in [0.29, 0.717) is 0 Å². The standard InChI is InChI=1S/C6H7N3O2/c1-10-5-4(3-7)8-6(9-5)11-2/h1-2H3,(H,8,9). The molecule has 1 aromatic heterocycles. The van der Waals surface area contributed by atoms with Crippen molar-refractivity contribution in [2.75, 3.05) is 14.2 Å². The molecule has 1 rings (SSSR count). The van der Waals surface area contributed by atoms with Gasteiger partial charge in [0.05, 0.1) is 14.2 Å². The van der Waals surface area contributed by atoms with Gasteiger partial charge >= 0.3 is 0 Å². The van der Waals surface area contributed by atoms with Crippen LogP contribution < -0.4 is 9.47 Å². The molecule has 0 saturated heterocycles. The number of aromatic amines is 1. The summed E-state index contributed by atoms with van der Waals surface area (Å²) in [6.45, 7) is 0. The first-order chi connectivity index (χ1) is 5.31. The molecule has 1 N–H and O–H groups in total. The Kier molecular flexibility index (Phi) is 1.97. The van der Waals surface area contributed by atoms with Crippen molar-refractivity contribution in [3.63, 3.8) is 0 Å². The van der Waals surface area contributed by atoms with Crippen LogP contribution in [0.3, 0.4) is 0 Å². The van der Waals surface area contributed by atoms with E-state index in [4.69, 9.17) is 14.7 Å². The van der Waals surface area contributed by atoms with Crippen LogP contribution in [0, 0.1) is 11.3 Å². The number of ether oxygens (including phenoxy) is 2. The van der Waals surface area contributed by atoms with Crippen LogP contribution in [0.2, 0.25) is 0 Å². The second kappa shape index (κ2) is 2.92. The molecule has 11 heavy (non-hydrogen) atoms. The lowest BCUT2D eigenvalue weighted by molar-refractivity contribution is 0.368. The van der Waals surface area contributed by atoms with Gasteiger partial charge in [-0.2, -0.15) is 10.2 Å². The van der Waals surface area contributed by atoms with E-state index >= 15 is 0 Å². The van der Waals surface area contributed by atoms with E-state index in [1.54, 1.807) is 0 Å². The number of hydrogen-bond donors (Lipinski definition) is 1. The number of hydrogen-bond acceptors (Lipinski definition) is 4. The van der Waals surface area contributed by atoms with E-state index in [2.05, 4.69) is 9.97 Å². The molecule has 0 aromatic carbocycles. The molecule has 0 aliphatic rings. The van der Waals surface area contributed by atoms with Gasteiger partial charge in [0, 0.05) is 0 Å². The van der Waals surface area contributed by atoms with Crippen molar-refractivity contribution >= 4 is 0 Å². The fraction of sp³-hybridized carbons (Fsp3) is 0.333. The third kappa shape index (κ3) is 1.24. The molecule has 0 aliphatic heterocycles. The topological polar surface area (TPSA) is 70.9 Å². The Morgan fingerprint density at radius 2 is 2.18 bits per heavy atom. The minimum Gasteiger partial charge on any atom is -0.479 e. The van der Waals surface area contributed by atoms with Crippen molar-refractivity contribution in [1.82, 2.24) is 9.97 Å². The zero-order chi connectivity index (χ0) is 8.27. The normalized spacial score (nSPS) is 8.82. The number of aromatic nitrogens is 2. The molecule has 0 atom stereocenters. The molecule has 1 heterocycles. The first-order valence-corrected chi connectivity index (χ1v) is 2.90. The van der Waals surface area contributed by atoms with Gasteiger partial charge < -0.3 is 9.47 Å². The molecule has 0 bridgehead atoms. The summed E-state index contributed by atoms with van der Waals surface area (Å²) in [5.74, 6) is 0.254. The average molecular weight is 153 g/mol. The largest absolute Gasteiger partial charge is 0.479 e. The Labute approximate surface area is 63.6 Å². The number of rotatable bonds is 2. The maximum Gasteiger partial charge on any atom is 0.297 e. The molecule has 0 aliphatic carbocycles. The quantitative estimate of drug-likeness (QED) is 0.663. The number of nitriles is 1. The molecule has 5 nitrogen and oxygen atoms in total. The minimum absolute atomic E-state index is 0.254. The van der Waals surface area contributed by atoms with E-state index in [0.717, 1.165) is 0 Å². The van der Waals surface area contributed by atoms with Gasteiger partial charge in [-0.3, -0.25) is 4.98 Å². The fourth-order valence-electron chi connectivity index (χ4n) is 0.657. The van der Waals surface area contributed by atoms with Gasteiger partial charge in [-0.15, -0.1) is 0 Å². The molecular weight excluding hydrogens is 146 g/mol. The Morgan fingerprint density at radius 3 is 2.55 bits per heavy atom. The van der Waals surface area contributed by atoms with Crippen LogP contribution in [-0.4, -0.2) is 24.2 Å². The Bertz CT molecular complexity index is 287. The lowest BCUT2D eigenvalue weighted by Crippen LogP contribution is -1.85. The summed E-state index contributed by atoms with van der Waals surface area (Å²) in [5.41, 5.74) is 0.268. The van der Waals surface area contributed by atoms with Crippen LogP contribution in [-0.2, 0) is 0 Å². The predicted molar refractivity (Wildman–Crippen MR) is 36.4 cm³/mol. The summed E-state index contributed by atoms with van der Waals surface area (Å²) in [6.07, 6.45) is 0. The van der Waals surface area contributed by atoms with Crippen LogP contribution >= 0.6 is 0 Å². The molecule has 0 amide bonds. The molecular formula is C6H7N3O2. The highest BCUT2D eigenvalue weighted by molar-refractivity contribution is 5.34. The Hall–Kier alpha value is -1.70. The van der Waals surface area contributed by atoms with Gasteiger partial charge in [-0.05, 0) is 0 Å². The van der Waals surface area contributed by atoms with Gasteiger partial charge in [-0.25, -0.2) is 0 Å². The van der Waals surface area contributed by atoms with Crippen LogP contribution in [0.25, 0.3) is 0 Å². The van der Waals surface area contributed by atoms with E-state index in [-0.39, 0.29) is 17.6 Å². The summed E-state index contributed by atoms with van der Waals surface area (Å²) in [5, 5.41) is 8.50. The van der Waals surface area contributed by atoms with Crippen LogP contribution in [0.1, 0.15) is 5.69 Å². The first kappa shape index (κ1) is 7.41. The summed E-state index contributed by atoms with van der Waals surface area (Å²) < 4.78 is 9.52. The predicted octanol–water partition coefficient (Wildman–Crippen LogP) is 0.299. The van der Waals surface area contributed by atoms with Crippen molar-refractivity contribution in [1.29, 1.82) is 5.26 Å². The zero-order valence-corrected chi connectivity index (χ0v) is 6.21. The highest BCUT2D eigenvalue weighted by Gasteiger charge is 2.08. The number of imidazole rings is 1. The smallest absolute Gasteiger partial charge is 0.297 e. The molecule has 0 radical (unpaired) electrons. The van der Waals surface area contributed by atoms with Gasteiger partial charge in [0.1, 0.15) is 6.07 Å². The van der Waals surface area contributed by atoms with Crippen LogP contribution in [0.15, 0.2) is 0 Å². The van der Waals surface area contributed by atoms with Crippen molar-refractivity contribution in [3.05, 3.63) is 5.69 Å². The van der Waals surface area contributed by atoms with Gasteiger partial charge in [-0.1, -0.05) is 0 Å². The Morgan fingerprint density at radius 1 is 1.45 bits per heavy atom. The summed E-state index contributed by atoms with van der Waals surface area (Å²) in [4.78, 5) is 6.41. The van der Waals surface area contributed by atoms with E-state index in [1.165, 1.54) is 14.2 Å². The number of nitrogens with one attached hydrogen (secondary N) is 1. The molecule has 0 spiro atoms. The molecule has 5 heteroatoms. The van der Waals surface area contributed by atoms with E-state index in [9.17, 15) is 0 Å². The number of methoxy groups -OCH3 is 2. The Balaban J connectivity index is 3.05. The molecule has 0 unspecified atom stereocenters. The molecule has 0 fully saturated rings. The van der Waals surface area contributed by atoms with Crippen LogP contribution in [0.5, 0.6) is 11.9 Å². The van der Waals surface area contributed by atoms with Crippen molar-refractivity contribution in [3.8, 4) is 18.0 Å². The minimum atomic E-state index is 0.254. The second-order valence-corrected chi connectivity index (χ2v) is 1.74. The number of H-pyrrole nitrogens is 1. The first-order valence-electron chi connectivity index (χ1n) is 2.90. The van der Waals surface area contributed by atoms with Gasteiger partial charge in [0.25, 0.3) is 11.9 Å². The summed E-state index contributed by atoms with van der Waals surface area (Å²) >= 11 is 0. The highest BCUT2D eigenvalue weighted by Crippen LogP contribution is 2.16. The lowest BCUT2D eigenvalue weighted by Gasteiger charge is -1.89. The third-order valence-electron chi connectivity index (χ3n) is 1.15. The fourth-order valence-corrected chi connectivity index (χ4v) is 0.657. The monoisotopic (exact) mass is 153 g/mol. The maximum atomic E-state index is 8.50. The number of nitrogens with zero attached hydrogens (tertiary/aromatic N) is 2. The van der Waals surface area contributed by atoms with Crippen LogP contribution in [0.4, 0.5) is 0 Å². The third-order valence-corrected chi connectivity index (χ3v) is 1.15. The summed E-state index contributed by atoms with van der Waals surface area (Å²) in [7, 11) is 2.90. The molecule has 0 saturated carbocycles. The van der Waals surface area contributed by atoms with E-state index in [1.807, 2.05) is 6.07 Å². The van der Waals surface area contributed by atoms with Crippen molar-refractivity contribution in [2.24, 2.45) is 0 Å². The second-order valence-electron chi connectivity index (χ2n) is 1.74. The van der Waals surface area contributed by atoms with Crippen molar-refractivity contribution < 1.29 is 9.47 Å². The average Bonchev–Trinajstić information content (AvgIpc) is 2.46. The molecule has 1 aromatic rings. The van der Waals surface area contributed by atoms with Gasteiger partial charge in [0.15, 0.2) is 5.69 Å². The van der Waals surface area contributed by atoms with Gasteiger partial charge in [0.2, 0.25) is 0 Å². The highest BCUT2D eigenvalue weighted by atomic mass is 16.5. The van der Waals surface area contributed by atoms with E-state index < -0.39 is 0 Å². The summed E-state index contributed by atoms with van der Waals surface area (Å²) in [6, 6.07) is 2.15. The SMILES string of the molecule is COc1nc(OC)c(C#N)[nH]1. The lowest BCUT2D eigenvalue weighted by atomic mass is 10.5. The maximum absolute atomic E-state index is 8.50. The zero-order valence-electron chi connectivity index (χ0n) is 6.21. The molecule has 58 valence electrons.